The number of carbonyl (C=O) groups excluding carboxylic acids is 3. The van der Waals surface area contributed by atoms with Gasteiger partial charge in [-0.05, 0) is 54.4 Å². The summed E-state index contributed by atoms with van der Waals surface area (Å²) >= 11 is 0. The van der Waals surface area contributed by atoms with E-state index in [1.807, 2.05) is 6.07 Å². The van der Waals surface area contributed by atoms with Gasteiger partial charge in [0.25, 0.3) is 5.91 Å². The Labute approximate surface area is 248 Å². The number of halogens is 4. The number of ether oxygens (including phenoxy) is 1. The Morgan fingerprint density at radius 1 is 1.11 bits per heavy atom. The molecule has 3 amide bonds. The lowest BCUT2D eigenvalue weighted by Crippen LogP contribution is -2.49. The summed E-state index contributed by atoms with van der Waals surface area (Å²) in [7, 11) is 0. The minimum absolute atomic E-state index is 0.0322. The number of rotatable bonds is 8. The fraction of sp³-hybridized carbons (Fsp3) is 0.290. The molecule has 6 rings (SSSR count). The van der Waals surface area contributed by atoms with Gasteiger partial charge < -0.3 is 24.8 Å². The average Bonchev–Trinajstić information content (AvgIpc) is 3.68. The highest BCUT2D eigenvalue weighted by Gasteiger charge is 2.42. The van der Waals surface area contributed by atoms with Crippen molar-refractivity contribution < 1.29 is 36.7 Å². The topological polar surface area (TPSA) is 108 Å². The number of fused-ring (bicyclic) bond motifs is 2. The fourth-order valence-electron chi connectivity index (χ4n) is 5.83. The van der Waals surface area contributed by atoms with E-state index in [1.54, 1.807) is 31.5 Å². The number of nitrogens with one attached hydrogen (secondary N) is 2. The molecule has 0 bridgehead atoms. The number of amides is 3. The molecule has 2 aromatic carbocycles. The molecule has 44 heavy (non-hydrogen) atoms. The summed E-state index contributed by atoms with van der Waals surface area (Å²) in [6, 6.07) is 9.88. The zero-order valence-electron chi connectivity index (χ0n) is 23.4. The van der Waals surface area contributed by atoms with E-state index in [4.69, 9.17) is 0 Å². The van der Waals surface area contributed by atoms with E-state index in [-0.39, 0.29) is 25.1 Å². The molecule has 0 radical (unpaired) electrons. The molecule has 3 atom stereocenters. The van der Waals surface area contributed by atoms with Gasteiger partial charge >= 0.3 is 6.61 Å². The molecule has 0 aliphatic carbocycles. The number of alkyl halides is 2. The van der Waals surface area contributed by atoms with Crippen LogP contribution < -0.4 is 5.32 Å². The van der Waals surface area contributed by atoms with Crippen molar-refractivity contribution in [1.82, 2.24) is 25.1 Å². The Morgan fingerprint density at radius 3 is 2.66 bits per heavy atom. The zero-order chi connectivity index (χ0) is 31.1. The lowest BCUT2D eigenvalue weighted by Gasteiger charge is -2.27. The quantitative estimate of drug-likeness (QED) is 0.285. The van der Waals surface area contributed by atoms with E-state index >= 15 is 0 Å². The van der Waals surface area contributed by atoms with Gasteiger partial charge in [0.15, 0.2) is 0 Å². The second kappa shape index (κ2) is 11.7. The van der Waals surface area contributed by atoms with Crippen LogP contribution in [0.2, 0.25) is 0 Å². The fourth-order valence-corrected chi connectivity index (χ4v) is 5.83. The molecule has 1 fully saturated rings. The molecule has 1 saturated heterocycles. The first-order chi connectivity index (χ1) is 21.1. The Morgan fingerprint density at radius 2 is 1.91 bits per heavy atom. The average molecular weight is 610 g/mol. The summed E-state index contributed by atoms with van der Waals surface area (Å²) in [4.78, 5) is 49.7. The second-order valence-electron chi connectivity index (χ2n) is 10.9. The summed E-state index contributed by atoms with van der Waals surface area (Å²) in [5, 5.41) is 3.69. The molecule has 0 spiro atoms. The second-order valence-corrected chi connectivity index (χ2v) is 10.9. The third-order valence-corrected chi connectivity index (χ3v) is 8.00. The lowest BCUT2D eigenvalue weighted by molar-refractivity contribution is -0.160. The van der Waals surface area contributed by atoms with Crippen LogP contribution in [0.1, 0.15) is 41.0 Å². The number of hydrogen-bond donors (Lipinski definition) is 2. The summed E-state index contributed by atoms with van der Waals surface area (Å²) in [6.45, 7) is -1.98. The number of likely N-dealkylation sites (tertiary alicyclic amines) is 1. The van der Waals surface area contributed by atoms with Crippen molar-refractivity contribution >= 4 is 28.6 Å². The zero-order valence-corrected chi connectivity index (χ0v) is 23.4. The molecule has 9 nitrogen and oxygen atoms in total. The standard InChI is InChI=1S/C31H27F4N5O4/c1-16(26-9-18-12-36-7-6-25(18)38-26)37-29(42)27-11-21(44-31(34)35)14-40(27)28(41)15-39-13-19-8-17(2-4-23(19)30(39)43)22-5-3-20(32)10-24(22)33/h2-10,12,16,21,27,31,38H,11,13-15H2,1H3,(H,37,42)/t16-,21-,27?/m1/s1. The van der Waals surface area contributed by atoms with Crippen LogP contribution in [0.4, 0.5) is 17.6 Å². The van der Waals surface area contributed by atoms with Gasteiger partial charge in [-0.2, -0.15) is 8.78 Å². The first-order valence-corrected chi connectivity index (χ1v) is 13.9. The van der Waals surface area contributed by atoms with E-state index in [0.29, 0.717) is 22.4 Å². The van der Waals surface area contributed by atoms with Crippen LogP contribution in [0.15, 0.2) is 60.9 Å². The number of carbonyl (C=O) groups is 3. The largest absolute Gasteiger partial charge is 0.357 e. The summed E-state index contributed by atoms with van der Waals surface area (Å²) in [5.74, 6) is -3.07. The van der Waals surface area contributed by atoms with Crippen molar-refractivity contribution in [2.24, 2.45) is 0 Å². The predicted octanol–water partition coefficient (Wildman–Crippen LogP) is 4.55. The van der Waals surface area contributed by atoms with E-state index in [1.165, 1.54) is 28.0 Å². The Hall–Kier alpha value is -4.78. The highest BCUT2D eigenvalue weighted by molar-refractivity contribution is 6.01. The lowest BCUT2D eigenvalue weighted by atomic mass is 10.00. The van der Waals surface area contributed by atoms with Gasteiger partial charge in [0.05, 0.1) is 12.1 Å². The van der Waals surface area contributed by atoms with Crippen molar-refractivity contribution in [3.05, 3.63) is 89.4 Å². The van der Waals surface area contributed by atoms with Crippen molar-refractivity contribution in [3.8, 4) is 11.1 Å². The molecule has 13 heteroatoms. The molecule has 2 aliphatic heterocycles. The smallest absolute Gasteiger partial charge is 0.345 e. The van der Waals surface area contributed by atoms with Crippen LogP contribution in [0.5, 0.6) is 0 Å². The van der Waals surface area contributed by atoms with Crippen LogP contribution in [0.3, 0.4) is 0 Å². The first-order valence-electron chi connectivity index (χ1n) is 13.9. The van der Waals surface area contributed by atoms with Gasteiger partial charge in [0.1, 0.15) is 24.2 Å². The van der Waals surface area contributed by atoms with Gasteiger partial charge in [-0.3, -0.25) is 19.4 Å². The minimum atomic E-state index is -3.09. The van der Waals surface area contributed by atoms with E-state index in [9.17, 15) is 31.9 Å². The molecule has 228 valence electrons. The Balaban J connectivity index is 1.16. The van der Waals surface area contributed by atoms with Gasteiger partial charge in [0, 0.05) is 65.7 Å². The molecule has 0 saturated carbocycles. The molecule has 4 heterocycles. The third kappa shape index (κ3) is 5.74. The Bertz CT molecular complexity index is 1730. The molecule has 2 N–H and O–H groups in total. The van der Waals surface area contributed by atoms with Crippen LogP contribution in [0.25, 0.3) is 22.0 Å². The highest BCUT2D eigenvalue weighted by Crippen LogP contribution is 2.31. The van der Waals surface area contributed by atoms with Crippen LogP contribution in [0, 0.1) is 11.6 Å². The number of H-pyrrole nitrogens is 1. The van der Waals surface area contributed by atoms with E-state index in [2.05, 4.69) is 20.0 Å². The summed E-state index contributed by atoms with van der Waals surface area (Å²) in [6.07, 6.45) is 2.08. The van der Waals surface area contributed by atoms with E-state index < -0.39 is 60.7 Å². The number of nitrogens with zero attached hydrogens (tertiary/aromatic N) is 3. The number of pyridine rings is 1. The maximum Gasteiger partial charge on any atom is 0.345 e. The maximum absolute atomic E-state index is 14.4. The monoisotopic (exact) mass is 609 g/mol. The number of hydrogen-bond acceptors (Lipinski definition) is 5. The number of aromatic nitrogens is 2. The van der Waals surface area contributed by atoms with Crippen molar-refractivity contribution in [2.75, 3.05) is 13.1 Å². The third-order valence-electron chi connectivity index (χ3n) is 8.00. The van der Waals surface area contributed by atoms with Crippen molar-refractivity contribution in [2.45, 2.75) is 44.7 Å². The SMILES string of the molecule is C[C@@H](NC(=O)C1C[C@@H](OC(F)F)CN1C(=O)CN1Cc2cc(-c3ccc(F)cc3F)ccc2C1=O)c1cc2cnccc2[nH]1. The van der Waals surface area contributed by atoms with Gasteiger partial charge in [0.2, 0.25) is 11.8 Å². The molecule has 2 aromatic heterocycles. The molecule has 4 aromatic rings. The molecule has 1 unspecified atom stereocenters. The first kappa shape index (κ1) is 29.3. The van der Waals surface area contributed by atoms with Crippen LogP contribution in [-0.2, 0) is 20.9 Å². The van der Waals surface area contributed by atoms with Gasteiger partial charge in [-0.15, -0.1) is 0 Å². The number of benzene rings is 2. The van der Waals surface area contributed by atoms with E-state index in [0.717, 1.165) is 23.0 Å². The molecular weight excluding hydrogens is 582 g/mol. The van der Waals surface area contributed by atoms with Crippen molar-refractivity contribution in [3.63, 3.8) is 0 Å². The predicted molar refractivity (Wildman–Crippen MR) is 150 cm³/mol. The van der Waals surface area contributed by atoms with Crippen LogP contribution in [-0.4, -0.2) is 69.3 Å². The van der Waals surface area contributed by atoms with Gasteiger partial charge in [-0.25, -0.2) is 8.78 Å². The van der Waals surface area contributed by atoms with Crippen molar-refractivity contribution in [1.29, 1.82) is 0 Å². The molecular formula is C31H27F4N5O4. The minimum Gasteiger partial charge on any atom is -0.357 e. The van der Waals surface area contributed by atoms with Crippen LogP contribution >= 0.6 is 0 Å². The van der Waals surface area contributed by atoms with Gasteiger partial charge in [-0.1, -0.05) is 6.07 Å². The normalized spacial score (nSPS) is 18.7. The summed E-state index contributed by atoms with van der Waals surface area (Å²) < 4.78 is 58.6. The maximum atomic E-state index is 14.4. The summed E-state index contributed by atoms with van der Waals surface area (Å²) in [5.41, 5.74) is 2.97. The highest BCUT2D eigenvalue weighted by atomic mass is 19.3. The molecule has 2 aliphatic rings. The number of aromatic amines is 1. The Kier molecular flexibility index (Phi) is 7.80.